The molecule has 18 heavy (non-hydrogen) atoms. The minimum absolute atomic E-state index is 0.580. The lowest BCUT2D eigenvalue weighted by atomic mass is 10.1. The van der Waals surface area contributed by atoms with Crippen LogP contribution in [0.3, 0.4) is 0 Å². The fourth-order valence-electron chi connectivity index (χ4n) is 1.74. The molecule has 0 saturated carbocycles. The van der Waals surface area contributed by atoms with Crippen molar-refractivity contribution in [3.8, 4) is 17.1 Å². The molecular formula is C14H12N4. The van der Waals surface area contributed by atoms with Crippen LogP contribution < -0.4 is 0 Å². The van der Waals surface area contributed by atoms with E-state index in [1.807, 2.05) is 12.4 Å². The summed E-state index contributed by atoms with van der Waals surface area (Å²) in [5.41, 5.74) is 3.45. The third kappa shape index (κ3) is 2.00. The highest BCUT2D eigenvalue weighted by Gasteiger charge is 2.04. The van der Waals surface area contributed by atoms with Gasteiger partial charge in [0.25, 0.3) is 0 Å². The fraction of sp³-hybridized carbons (Fsp3) is 0.0714. The van der Waals surface area contributed by atoms with Gasteiger partial charge in [-0.15, -0.1) is 0 Å². The zero-order valence-electron chi connectivity index (χ0n) is 9.99. The van der Waals surface area contributed by atoms with E-state index in [0.29, 0.717) is 5.95 Å². The lowest BCUT2D eigenvalue weighted by Crippen LogP contribution is -1.99. The number of aromatic nitrogens is 4. The lowest BCUT2D eigenvalue weighted by Gasteiger charge is -1.98. The first-order chi connectivity index (χ1) is 8.83. The average Bonchev–Trinajstić information content (AvgIpc) is 2.90. The van der Waals surface area contributed by atoms with E-state index in [2.05, 4.69) is 46.3 Å². The van der Waals surface area contributed by atoms with E-state index in [1.54, 1.807) is 23.1 Å². The molecule has 0 saturated heterocycles. The van der Waals surface area contributed by atoms with E-state index < -0.39 is 0 Å². The van der Waals surface area contributed by atoms with Crippen LogP contribution in [-0.2, 0) is 0 Å². The van der Waals surface area contributed by atoms with Crippen LogP contribution in [-0.4, -0.2) is 19.7 Å². The third-order valence-electron chi connectivity index (χ3n) is 2.72. The van der Waals surface area contributed by atoms with Crippen molar-refractivity contribution >= 4 is 0 Å². The van der Waals surface area contributed by atoms with Crippen LogP contribution in [0.5, 0.6) is 0 Å². The van der Waals surface area contributed by atoms with E-state index in [1.165, 1.54) is 5.56 Å². The molecule has 0 fully saturated rings. The molecule has 0 radical (unpaired) electrons. The van der Waals surface area contributed by atoms with Gasteiger partial charge in [-0.25, -0.2) is 14.6 Å². The minimum Gasteiger partial charge on any atom is -0.220 e. The monoisotopic (exact) mass is 236 g/mol. The van der Waals surface area contributed by atoms with Crippen molar-refractivity contribution in [3.05, 3.63) is 60.7 Å². The molecule has 0 N–H and O–H groups in total. The van der Waals surface area contributed by atoms with Gasteiger partial charge >= 0.3 is 0 Å². The van der Waals surface area contributed by atoms with E-state index in [4.69, 9.17) is 0 Å². The Morgan fingerprint density at radius 1 is 0.944 bits per heavy atom. The number of aryl methyl sites for hydroxylation is 1. The largest absolute Gasteiger partial charge is 0.250 e. The van der Waals surface area contributed by atoms with Crippen LogP contribution in [0.4, 0.5) is 0 Å². The summed E-state index contributed by atoms with van der Waals surface area (Å²) in [6, 6.07) is 10.1. The Balaban J connectivity index is 1.97. The number of hydrogen-bond acceptors (Lipinski definition) is 3. The van der Waals surface area contributed by atoms with Crippen molar-refractivity contribution in [1.82, 2.24) is 19.7 Å². The number of benzene rings is 1. The highest BCUT2D eigenvalue weighted by Crippen LogP contribution is 2.19. The normalized spacial score (nSPS) is 10.5. The summed E-state index contributed by atoms with van der Waals surface area (Å²) < 4.78 is 1.68. The van der Waals surface area contributed by atoms with Crippen LogP contribution in [0.15, 0.2) is 55.1 Å². The second-order valence-electron chi connectivity index (χ2n) is 4.09. The SMILES string of the molecule is Cc1ccc(-c2cnn(-c3ncccn3)c2)cc1. The van der Waals surface area contributed by atoms with Gasteiger partial charge in [-0.05, 0) is 18.6 Å². The molecule has 4 nitrogen and oxygen atoms in total. The second-order valence-corrected chi connectivity index (χ2v) is 4.09. The van der Waals surface area contributed by atoms with Crippen molar-refractivity contribution in [2.45, 2.75) is 6.92 Å². The van der Waals surface area contributed by atoms with Gasteiger partial charge in [-0.1, -0.05) is 29.8 Å². The summed E-state index contributed by atoms with van der Waals surface area (Å²) >= 11 is 0. The first kappa shape index (κ1) is 10.7. The Hall–Kier alpha value is -2.49. The Morgan fingerprint density at radius 3 is 2.39 bits per heavy atom. The molecule has 3 aromatic rings. The fourth-order valence-corrected chi connectivity index (χ4v) is 1.74. The molecule has 0 amide bonds. The number of hydrogen-bond donors (Lipinski definition) is 0. The van der Waals surface area contributed by atoms with Gasteiger partial charge in [0.2, 0.25) is 5.95 Å². The molecule has 0 unspecified atom stereocenters. The van der Waals surface area contributed by atoms with Crippen molar-refractivity contribution in [2.24, 2.45) is 0 Å². The maximum Gasteiger partial charge on any atom is 0.250 e. The highest BCUT2D eigenvalue weighted by molar-refractivity contribution is 5.62. The molecule has 0 aliphatic carbocycles. The van der Waals surface area contributed by atoms with Crippen LogP contribution >= 0.6 is 0 Å². The number of rotatable bonds is 2. The summed E-state index contributed by atoms with van der Waals surface area (Å²) in [5.74, 6) is 0.580. The van der Waals surface area contributed by atoms with Gasteiger partial charge in [0.1, 0.15) is 0 Å². The van der Waals surface area contributed by atoms with Gasteiger partial charge in [0.05, 0.1) is 6.20 Å². The van der Waals surface area contributed by atoms with Gasteiger partial charge < -0.3 is 0 Å². The smallest absolute Gasteiger partial charge is 0.220 e. The second kappa shape index (κ2) is 4.41. The van der Waals surface area contributed by atoms with Crippen molar-refractivity contribution in [2.75, 3.05) is 0 Å². The third-order valence-corrected chi connectivity index (χ3v) is 2.72. The predicted molar refractivity (Wildman–Crippen MR) is 69.3 cm³/mol. The van der Waals surface area contributed by atoms with Crippen molar-refractivity contribution < 1.29 is 0 Å². The Labute approximate surface area is 105 Å². The molecule has 88 valence electrons. The molecule has 2 aromatic heterocycles. The van der Waals surface area contributed by atoms with Crippen LogP contribution in [0.1, 0.15) is 5.56 Å². The molecule has 1 aromatic carbocycles. The zero-order valence-corrected chi connectivity index (χ0v) is 9.99. The first-order valence-electron chi connectivity index (χ1n) is 5.72. The molecule has 2 heterocycles. The van der Waals surface area contributed by atoms with Gasteiger partial charge in [0.15, 0.2) is 0 Å². The molecule has 0 aliphatic heterocycles. The topological polar surface area (TPSA) is 43.6 Å². The average molecular weight is 236 g/mol. The standard InChI is InChI=1S/C14H12N4/c1-11-3-5-12(6-4-11)13-9-17-18(10-13)14-15-7-2-8-16-14/h2-10H,1H3. The minimum atomic E-state index is 0.580. The predicted octanol–water partition coefficient (Wildman–Crippen LogP) is 2.64. The van der Waals surface area contributed by atoms with E-state index in [0.717, 1.165) is 11.1 Å². The van der Waals surface area contributed by atoms with Crippen LogP contribution in [0.25, 0.3) is 17.1 Å². The lowest BCUT2D eigenvalue weighted by molar-refractivity contribution is 0.808. The quantitative estimate of drug-likeness (QED) is 0.687. The zero-order chi connectivity index (χ0) is 12.4. The maximum absolute atomic E-state index is 4.28. The van der Waals surface area contributed by atoms with Gasteiger partial charge in [-0.3, -0.25) is 0 Å². The molecule has 0 atom stereocenters. The van der Waals surface area contributed by atoms with Crippen LogP contribution in [0, 0.1) is 6.92 Å². The molecule has 0 spiro atoms. The summed E-state index contributed by atoms with van der Waals surface area (Å²) in [5, 5.41) is 4.28. The van der Waals surface area contributed by atoms with Gasteiger partial charge in [-0.2, -0.15) is 5.10 Å². The summed E-state index contributed by atoms with van der Waals surface area (Å²) in [7, 11) is 0. The van der Waals surface area contributed by atoms with Crippen LogP contribution in [0.2, 0.25) is 0 Å². The molecule has 0 aliphatic rings. The van der Waals surface area contributed by atoms with Crippen molar-refractivity contribution in [1.29, 1.82) is 0 Å². The Morgan fingerprint density at radius 2 is 1.67 bits per heavy atom. The molecule has 3 rings (SSSR count). The Bertz CT molecular complexity index is 641. The maximum atomic E-state index is 4.28. The van der Waals surface area contributed by atoms with E-state index in [-0.39, 0.29) is 0 Å². The van der Waals surface area contributed by atoms with E-state index >= 15 is 0 Å². The van der Waals surface area contributed by atoms with E-state index in [9.17, 15) is 0 Å². The number of nitrogens with zero attached hydrogens (tertiary/aromatic N) is 4. The van der Waals surface area contributed by atoms with Crippen molar-refractivity contribution in [3.63, 3.8) is 0 Å². The molecular weight excluding hydrogens is 224 g/mol. The molecule has 0 bridgehead atoms. The van der Waals surface area contributed by atoms with Gasteiger partial charge in [0, 0.05) is 24.2 Å². The Kier molecular flexibility index (Phi) is 2.61. The highest BCUT2D eigenvalue weighted by atomic mass is 15.3. The summed E-state index contributed by atoms with van der Waals surface area (Å²) in [6.45, 7) is 2.07. The first-order valence-corrected chi connectivity index (χ1v) is 5.72. The molecule has 4 heteroatoms. The summed E-state index contributed by atoms with van der Waals surface area (Å²) in [4.78, 5) is 8.32. The summed E-state index contributed by atoms with van der Waals surface area (Å²) in [6.07, 6.45) is 7.16.